The monoisotopic (exact) mass is 292 g/mol. The fraction of sp³-hybridized carbons (Fsp3) is 0.769. The van der Waals surface area contributed by atoms with Crippen LogP contribution in [0, 0.1) is 0 Å². The van der Waals surface area contributed by atoms with Crippen LogP contribution in [0.5, 0.6) is 0 Å². The summed E-state index contributed by atoms with van der Waals surface area (Å²) < 4.78 is 35.3. The van der Waals surface area contributed by atoms with Crippen LogP contribution in [-0.4, -0.2) is 31.3 Å². The van der Waals surface area contributed by atoms with E-state index in [2.05, 4.69) is 4.74 Å². The zero-order valence-corrected chi connectivity index (χ0v) is 12.5. The Bertz CT molecular complexity index is 372. The lowest BCUT2D eigenvalue weighted by atomic mass is 10.1. The van der Waals surface area contributed by atoms with E-state index >= 15 is 0 Å². The van der Waals surface area contributed by atoms with Crippen LogP contribution in [0.25, 0.3) is 0 Å². The van der Waals surface area contributed by atoms with Crippen LogP contribution in [0.4, 0.5) is 0 Å². The molecule has 0 aliphatic rings. The minimum absolute atomic E-state index is 0.182. The number of methoxy groups -OCH3 is 1. The highest BCUT2D eigenvalue weighted by molar-refractivity contribution is 7.86. The topological polar surface area (TPSA) is 80.7 Å². The van der Waals surface area contributed by atoms with E-state index in [9.17, 15) is 13.2 Å². The van der Waals surface area contributed by atoms with Gasteiger partial charge >= 0.3 is 5.97 Å². The second kappa shape index (κ2) is 9.97. The van der Waals surface area contributed by atoms with Crippen LogP contribution >= 0.6 is 0 Å². The molecule has 6 heteroatoms. The van der Waals surface area contributed by atoms with Gasteiger partial charge in [0.05, 0.1) is 7.11 Å². The number of rotatable bonds is 10. The molecular weight excluding hydrogens is 268 g/mol. The summed E-state index contributed by atoms with van der Waals surface area (Å²) in [7, 11) is -2.59. The first-order valence-corrected chi connectivity index (χ1v) is 8.12. The molecule has 0 aromatic heterocycles. The van der Waals surface area contributed by atoms with E-state index in [4.69, 9.17) is 4.55 Å². The predicted molar refractivity (Wildman–Crippen MR) is 74.5 cm³/mol. The summed E-state index contributed by atoms with van der Waals surface area (Å²) in [5.74, 6) is -0.182. The Morgan fingerprint density at radius 2 is 1.89 bits per heavy atom. The number of unbranched alkanes of at least 4 members (excludes halogenated alkanes) is 4. The molecule has 0 radical (unpaired) electrons. The predicted octanol–water partition coefficient (Wildman–Crippen LogP) is 2.72. The van der Waals surface area contributed by atoms with Gasteiger partial charge in [0.1, 0.15) is 5.25 Å². The summed E-state index contributed by atoms with van der Waals surface area (Å²) in [6, 6.07) is 0. The Morgan fingerprint density at radius 3 is 2.42 bits per heavy atom. The van der Waals surface area contributed by atoms with Gasteiger partial charge in [0.15, 0.2) is 0 Å². The van der Waals surface area contributed by atoms with Gasteiger partial charge in [-0.2, -0.15) is 8.42 Å². The highest BCUT2D eigenvalue weighted by atomic mass is 32.2. The third kappa shape index (κ3) is 9.67. The SMILES string of the molecule is CCC(C=CCCCCCCC(=O)OC)S(=O)(=O)O. The molecule has 0 saturated carbocycles. The van der Waals surface area contributed by atoms with Gasteiger partial charge in [0.25, 0.3) is 10.1 Å². The molecule has 5 nitrogen and oxygen atoms in total. The van der Waals surface area contributed by atoms with Gasteiger partial charge in [0.2, 0.25) is 0 Å². The van der Waals surface area contributed by atoms with Gasteiger partial charge in [-0.3, -0.25) is 9.35 Å². The summed E-state index contributed by atoms with van der Waals surface area (Å²) >= 11 is 0. The highest BCUT2D eigenvalue weighted by Crippen LogP contribution is 2.09. The Kier molecular flexibility index (Phi) is 9.51. The molecule has 1 unspecified atom stereocenters. The van der Waals surface area contributed by atoms with Gasteiger partial charge in [-0.1, -0.05) is 31.9 Å². The largest absolute Gasteiger partial charge is 0.469 e. The summed E-state index contributed by atoms with van der Waals surface area (Å²) in [5, 5.41) is -0.799. The van der Waals surface area contributed by atoms with E-state index in [0.29, 0.717) is 12.8 Å². The van der Waals surface area contributed by atoms with E-state index in [1.807, 2.05) is 0 Å². The summed E-state index contributed by atoms with van der Waals surface area (Å²) in [4.78, 5) is 10.8. The van der Waals surface area contributed by atoms with E-state index < -0.39 is 15.4 Å². The molecule has 1 atom stereocenters. The van der Waals surface area contributed by atoms with Crippen LogP contribution in [0.1, 0.15) is 51.9 Å². The maximum atomic E-state index is 10.9. The number of hydrogen-bond donors (Lipinski definition) is 1. The second-order valence-electron chi connectivity index (χ2n) is 4.42. The van der Waals surface area contributed by atoms with Crippen molar-refractivity contribution in [3.8, 4) is 0 Å². The van der Waals surface area contributed by atoms with Gasteiger partial charge in [0, 0.05) is 6.42 Å². The molecule has 0 heterocycles. The van der Waals surface area contributed by atoms with Gasteiger partial charge in [-0.25, -0.2) is 0 Å². The van der Waals surface area contributed by atoms with Crippen LogP contribution in [0.3, 0.4) is 0 Å². The molecule has 0 aromatic rings. The third-order valence-corrected chi connectivity index (χ3v) is 4.12. The molecule has 0 rings (SSSR count). The van der Waals surface area contributed by atoms with Crippen molar-refractivity contribution in [1.29, 1.82) is 0 Å². The Hall–Kier alpha value is -0.880. The van der Waals surface area contributed by atoms with E-state index in [1.165, 1.54) is 7.11 Å². The van der Waals surface area contributed by atoms with Crippen molar-refractivity contribution >= 4 is 16.1 Å². The maximum absolute atomic E-state index is 10.9. The lowest BCUT2D eigenvalue weighted by Crippen LogP contribution is -2.16. The average molecular weight is 292 g/mol. The number of carbonyl (C=O) groups is 1. The van der Waals surface area contributed by atoms with Crippen molar-refractivity contribution in [1.82, 2.24) is 0 Å². The van der Waals surface area contributed by atoms with E-state index in [0.717, 1.165) is 32.1 Å². The van der Waals surface area contributed by atoms with Crippen molar-refractivity contribution in [3.05, 3.63) is 12.2 Å². The molecule has 0 saturated heterocycles. The van der Waals surface area contributed by atoms with Crippen molar-refractivity contribution in [2.24, 2.45) is 0 Å². The summed E-state index contributed by atoms with van der Waals surface area (Å²) in [6.07, 6.45) is 8.65. The Morgan fingerprint density at radius 1 is 1.26 bits per heavy atom. The smallest absolute Gasteiger partial charge is 0.305 e. The number of ether oxygens (including phenoxy) is 1. The zero-order valence-electron chi connectivity index (χ0n) is 11.7. The van der Waals surface area contributed by atoms with Crippen LogP contribution in [-0.2, 0) is 19.6 Å². The molecule has 0 amide bonds. The molecule has 0 fully saturated rings. The minimum Gasteiger partial charge on any atom is -0.469 e. The number of hydrogen-bond acceptors (Lipinski definition) is 4. The molecule has 1 N–H and O–H groups in total. The van der Waals surface area contributed by atoms with Crippen molar-refractivity contribution < 1.29 is 22.5 Å². The Balaban J connectivity index is 3.66. The summed E-state index contributed by atoms with van der Waals surface area (Å²) in [5.41, 5.74) is 0. The maximum Gasteiger partial charge on any atom is 0.305 e. The quantitative estimate of drug-likeness (QED) is 0.290. The van der Waals surface area contributed by atoms with Gasteiger partial charge in [-0.15, -0.1) is 0 Å². The molecule has 0 aromatic carbocycles. The van der Waals surface area contributed by atoms with Gasteiger partial charge < -0.3 is 4.74 Å². The standard InChI is InChI=1S/C13H24O5S/c1-3-12(19(15,16)17)10-8-6-4-5-7-9-11-13(14)18-2/h8,10,12H,3-7,9,11H2,1-2H3,(H,15,16,17). The lowest BCUT2D eigenvalue weighted by Gasteiger charge is -2.05. The van der Waals surface area contributed by atoms with Crippen LogP contribution < -0.4 is 0 Å². The average Bonchev–Trinajstić information content (AvgIpc) is 2.35. The van der Waals surface area contributed by atoms with Gasteiger partial charge in [-0.05, 0) is 25.7 Å². The van der Waals surface area contributed by atoms with E-state index in [-0.39, 0.29) is 5.97 Å². The molecular formula is C13H24O5S. The second-order valence-corrected chi connectivity index (χ2v) is 6.05. The fourth-order valence-corrected chi connectivity index (χ4v) is 2.41. The third-order valence-electron chi connectivity index (χ3n) is 2.87. The highest BCUT2D eigenvalue weighted by Gasteiger charge is 2.16. The normalized spacial score (nSPS) is 13.6. The first kappa shape index (κ1) is 18.1. The first-order chi connectivity index (χ1) is 8.91. The molecule has 0 spiro atoms. The number of allylic oxidation sites excluding steroid dienone is 1. The lowest BCUT2D eigenvalue weighted by molar-refractivity contribution is -0.140. The minimum atomic E-state index is -3.97. The fourth-order valence-electron chi connectivity index (χ4n) is 1.68. The zero-order chi connectivity index (χ0) is 14.7. The first-order valence-electron chi connectivity index (χ1n) is 6.61. The number of carbonyl (C=O) groups excluding carboxylic acids is 1. The molecule has 0 bridgehead atoms. The molecule has 19 heavy (non-hydrogen) atoms. The Labute approximate surface area is 115 Å². The van der Waals surface area contributed by atoms with E-state index in [1.54, 1.807) is 19.1 Å². The summed E-state index contributed by atoms with van der Waals surface area (Å²) in [6.45, 7) is 1.72. The van der Waals surface area contributed by atoms with Crippen LogP contribution in [0.15, 0.2) is 12.2 Å². The molecule has 0 aliphatic heterocycles. The number of esters is 1. The molecule has 0 aliphatic carbocycles. The van der Waals surface area contributed by atoms with Crippen molar-refractivity contribution in [3.63, 3.8) is 0 Å². The van der Waals surface area contributed by atoms with Crippen molar-refractivity contribution in [2.75, 3.05) is 7.11 Å². The van der Waals surface area contributed by atoms with Crippen molar-refractivity contribution in [2.45, 2.75) is 57.1 Å². The molecule has 112 valence electrons. The van der Waals surface area contributed by atoms with Crippen LogP contribution in [0.2, 0.25) is 0 Å².